The minimum Gasteiger partial charge on any atom is -0.497 e. The molecule has 0 spiro atoms. The number of para-hydroxylation sites is 3. The number of benzene rings is 3. The van der Waals surface area contributed by atoms with E-state index in [9.17, 15) is 0 Å². The van der Waals surface area contributed by atoms with Gasteiger partial charge in [-0.2, -0.15) is 0 Å². The molecule has 3 aromatic carbocycles. The predicted molar refractivity (Wildman–Crippen MR) is 128 cm³/mol. The quantitative estimate of drug-likeness (QED) is 0.529. The van der Waals surface area contributed by atoms with Crippen LogP contribution >= 0.6 is 12.4 Å². The second-order valence-electron chi connectivity index (χ2n) is 8.10. The van der Waals surface area contributed by atoms with Crippen molar-refractivity contribution in [2.75, 3.05) is 31.6 Å². The van der Waals surface area contributed by atoms with Gasteiger partial charge in [-0.05, 0) is 48.7 Å². The highest BCUT2D eigenvalue weighted by atomic mass is 35.5. The first-order chi connectivity index (χ1) is 14.8. The average Bonchev–Trinajstić information content (AvgIpc) is 3.20. The zero-order valence-electron chi connectivity index (χ0n) is 17.9. The molecule has 2 aliphatic heterocycles. The molecule has 31 heavy (non-hydrogen) atoms. The van der Waals surface area contributed by atoms with Gasteiger partial charge in [0.25, 0.3) is 0 Å². The van der Waals surface area contributed by atoms with Crippen molar-refractivity contribution in [3.8, 4) is 11.5 Å². The summed E-state index contributed by atoms with van der Waals surface area (Å²) >= 11 is 0. The number of nitrogens with zero attached hydrogens (tertiary/aromatic N) is 2. The van der Waals surface area contributed by atoms with Gasteiger partial charge in [-0.15, -0.1) is 12.4 Å². The molecule has 0 amide bonds. The lowest BCUT2D eigenvalue weighted by molar-refractivity contribution is 0.310. The van der Waals surface area contributed by atoms with E-state index in [4.69, 9.17) is 9.47 Å². The van der Waals surface area contributed by atoms with Crippen molar-refractivity contribution in [3.63, 3.8) is 0 Å². The lowest BCUT2D eigenvalue weighted by Crippen LogP contribution is -2.35. The molecule has 4 nitrogen and oxygen atoms in total. The second-order valence-corrected chi connectivity index (χ2v) is 8.10. The minimum atomic E-state index is 0. The normalized spacial score (nSPS) is 17.7. The predicted octanol–water partition coefficient (Wildman–Crippen LogP) is 5.46. The average molecular weight is 437 g/mol. The Balaban J connectivity index is 0.00000231. The third kappa shape index (κ3) is 4.51. The van der Waals surface area contributed by atoms with E-state index in [0.717, 1.165) is 44.0 Å². The Morgan fingerprint density at radius 2 is 1.68 bits per heavy atom. The lowest BCUT2D eigenvalue weighted by atomic mass is 10.1. The monoisotopic (exact) mass is 436 g/mol. The molecule has 0 bridgehead atoms. The van der Waals surface area contributed by atoms with Gasteiger partial charge in [0.1, 0.15) is 18.1 Å². The number of halogens is 1. The number of methoxy groups -OCH3 is 1. The van der Waals surface area contributed by atoms with E-state index in [1.165, 1.54) is 22.5 Å². The maximum absolute atomic E-state index is 6.15. The number of fused-ring (bicyclic) bond motifs is 2. The Bertz CT molecular complexity index is 961. The van der Waals surface area contributed by atoms with Gasteiger partial charge < -0.3 is 19.3 Å². The Morgan fingerprint density at radius 1 is 0.935 bits per heavy atom. The van der Waals surface area contributed by atoms with E-state index in [1.807, 2.05) is 12.1 Å². The number of rotatable bonds is 5. The van der Waals surface area contributed by atoms with Gasteiger partial charge in [-0.1, -0.05) is 42.5 Å². The molecule has 2 aliphatic rings. The molecule has 0 unspecified atom stereocenters. The lowest BCUT2D eigenvalue weighted by Gasteiger charge is -2.32. The molecular weight excluding hydrogens is 408 g/mol. The van der Waals surface area contributed by atoms with Gasteiger partial charge in [-0.3, -0.25) is 0 Å². The van der Waals surface area contributed by atoms with Crippen LogP contribution in [-0.4, -0.2) is 37.7 Å². The summed E-state index contributed by atoms with van der Waals surface area (Å²) in [6.07, 6.45) is 2.22. The molecule has 0 aromatic heterocycles. The number of likely N-dealkylation sites (tertiary alicyclic amines) is 1. The molecule has 1 atom stereocenters. The Hall–Kier alpha value is -2.69. The van der Waals surface area contributed by atoms with Crippen molar-refractivity contribution in [1.29, 1.82) is 0 Å². The summed E-state index contributed by atoms with van der Waals surface area (Å²) in [5.74, 6) is 1.89. The fraction of sp³-hybridized carbons (Fsp3) is 0.308. The van der Waals surface area contributed by atoms with Crippen LogP contribution in [0.2, 0.25) is 0 Å². The Labute approximate surface area is 190 Å². The van der Waals surface area contributed by atoms with Crippen molar-refractivity contribution in [3.05, 3.63) is 83.9 Å². The molecular formula is C26H29ClN2O2. The molecule has 0 N–H and O–H groups in total. The zero-order chi connectivity index (χ0) is 20.3. The van der Waals surface area contributed by atoms with Gasteiger partial charge in [0.05, 0.1) is 12.8 Å². The summed E-state index contributed by atoms with van der Waals surface area (Å²) in [5, 5.41) is 0. The highest BCUT2D eigenvalue weighted by molar-refractivity contribution is 5.85. The van der Waals surface area contributed by atoms with Gasteiger partial charge in [0, 0.05) is 36.9 Å². The fourth-order valence-corrected chi connectivity index (χ4v) is 4.63. The van der Waals surface area contributed by atoms with Crippen LogP contribution in [0.5, 0.6) is 11.5 Å². The van der Waals surface area contributed by atoms with Crippen LogP contribution in [0.15, 0.2) is 72.8 Å². The summed E-state index contributed by atoms with van der Waals surface area (Å²) in [6.45, 7) is 3.90. The first kappa shape index (κ1) is 21.5. The summed E-state index contributed by atoms with van der Waals surface area (Å²) in [6, 6.07) is 26.0. The van der Waals surface area contributed by atoms with Crippen LogP contribution in [0, 0.1) is 0 Å². The third-order valence-electron chi connectivity index (χ3n) is 6.25. The maximum atomic E-state index is 6.15. The van der Waals surface area contributed by atoms with Crippen molar-refractivity contribution >= 4 is 23.8 Å². The highest BCUT2D eigenvalue weighted by Gasteiger charge is 2.32. The van der Waals surface area contributed by atoms with Crippen LogP contribution in [0.25, 0.3) is 0 Å². The smallest absolute Gasteiger partial charge is 0.143 e. The van der Waals surface area contributed by atoms with Crippen molar-refractivity contribution < 1.29 is 9.47 Å². The van der Waals surface area contributed by atoms with Crippen molar-refractivity contribution in [2.45, 2.75) is 25.5 Å². The minimum absolute atomic E-state index is 0. The van der Waals surface area contributed by atoms with Crippen molar-refractivity contribution in [1.82, 2.24) is 4.90 Å². The van der Waals surface area contributed by atoms with Crippen LogP contribution in [0.4, 0.5) is 11.4 Å². The molecule has 5 rings (SSSR count). The summed E-state index contributed by atoms with van der Waals surface area (Å²) < 4.78 is 11.4. The number of hydrogen-bond donors (Lipinski definition) is 0. The molecule has 1 fully saturated rings. The van der Waals surface area contributed by atoms with Crippen LogP contribution in [-0.2, 0) is 13.0 Å². The molecule has 3 aromatic rings. The van der Waals surface area contributed by atoms with Gasteiger partial charge >= 0.3 is 0 Å². The van der Waals surface area contributed by atoms with E-state index in [1.54, 1.807) is 7.11 Å². The van der Waals surface area contributed by atoms with E-state index in [0.29, 0.717) is 12.6 Å². The molecule has 0 radical (unpaired) electrons. The maximum Gasteiger partial charge on any atom is 0.143 e. The number of hydrogen-bond acceptors (Lipinski definition) is 4. The fourth-order valence-electron chi connectivity index (χ4n) is 4.63. The third-order valence-corrected chi connectivity index (χ3v) is 6.25. The number of ether oxygens (including phenoxy) is 2. The summed E-state index contributed by atoms with van der Waals surface area (Å²) in [4.78, 5) is 5.11. The first-order valence-electron chi connectivity index (χ1n) is 10.8. The van der Waals surface area contributed by atoms with Crippen LogP contribution in [0.3, 0.4) is 0 Å². The Morgan fingerprint density at radius 3 is 2.48 bits per heavy atom. The number of anilines is 2. The summed E-state index contributed by atoms with van der Waals surface area (Å²) in [5.41, 5.74) is 5.08. The molecule has 2 heterocycles. The molecule has 1 saturated heterocycles. The standard InChI is InChI=1S/C26H28N2O2.ClH/c1-29-23-12-10-20(11-13-23)14-16-27-17-15-22(18-27)28-24-7-3-2-6-21(24)19-30-26-9-5-4-8-25(26)28;/h2-13,22H,14-19H2,1H3;1H/t22-;/m1./s1. The topological polar surface area (TPSA) is 24.9 Å². The Kier molecular flexibility index (Phi) is 6.69. The molecule has 162 valence electrons. The second kappa shape index (κ2) is 9.63. The first-order valence-corrected chi connectivity index (χ1v) is 10.8. The molecule has 0 aliphatic carbocycles. The van der Waals surface area contributed by atoms with Gasteiger partial charge in [-0.25, -0.2) is 0 Å². The molecule has 0 saturated carbocycles. The zero-order valence-corrected chi connectivity index (χ0v) is 18.7. The van der Waals surface area contributed by atoms with Gasteiger partial charge in [0.2, 0.25) is 0 Å². The SMILES string of the molecule is COc1ccc(CCN2CC[C@@H](N3c4ccccc4COc4ccccc43)C2)cc1.Cl. The van der Waals surface area contributed by atoms with E-state index in [2.05, 4.69) is 70.5 Å². The highest BCUT2D eigenvalue weighted by Crippen LogP contribution is 2.42. The van der Waals surface area contributed by atoms with Crippen molar-refractivity contribution in [2.24, 2.45) is 0 Å². The van der Waals surface area contributed by atoms with Crippen LogP contribution in [0.1, 0.15) is 17.5 Å². The largest absolute Gasteiger partial charge is 0.497 e. The molecule has 5 heteroatoms. The van der Waals surface area contributed by atoms with E-state index >= 15 is 0 Å². The summed E-state index contributed by atoms with van der Waals surface area (Å²) in [7, 11) is 1.71. The van der Waals surface area contributed by atoms with E-state index in [-0.39, 0.29) is 12.4 Å². The van der Waals surface area contributed by atoms with E-state index < -0.39 is 0 Å². The van der Waals surface area contributed by atoms with Crippen LogP contribution < -0.4 is 14.4 Å². The van der Waals surface area contributed by atoms with Gasteiger partial charge in [0.15, 0.2) is 0 Å².